The maximum Gasteiger partial charge on any atom is 0.124 e. The van der Waals surface area contributed by atoms with Crippen molar-refractivity contribution in [2.45, 2.75) is 25.4 Å². The van der Waals surface area contributed by atoms with Crippen molar-refractivity contribution >= 4 is 15.9 Å². The van der Waals surface area contributed by atoms with E-state index in [4.69, 9.17) is 4.74 Å². The van der Waals surface area contributed by atoms with Gasteiger partial charge in [-0.1, -0.05) is 22.4 Å². The number of aliphatic hydroxyl groups is 1. The topological polar surface area (TPSA) is 32.7 Å². The summed E-state index contributed by atoms with van der Waals surface area (Å²) in [6.07, 6.45) is 3.30. The number of halogens is 1. The van der Waals surface area contributed by atoms with Gasteiger partial charge >= 0.3 is 0 Å². The van der Waals surface area contributed by atoms with E-state index in [1.165, 1.54) is 19.3 Å². The fourth-order valence-corrected chi connectivity index (χ4v) is 2.83. The second kappa shape index (κ2) is 6.55. The maximum atomic E-state index is 10.4. The van der Waals surface area contributed by atoms with Crippen LogP contribution in [0.1, 0.15) is 30.9 Å². The summed E-state index contributed by atoms with van der Waals surface area (Å²) in [6.45, 7) is 2.87. The summed E-state index contributed by atoms with van der Waals surface area (Å²) in [7, 11) is 1.64. The predicted molar refractivity (Wildman–Crippen MR) is 75.9 cm³/mol. The fraction of sp³-hybridized carbons (Fsp3) is 0.571. The van der Waals surface area contributed by atoms with E-state index in [0.29, 0.717) is 6.54 Å². The van der Waals surface area contributed by atoms with Crippen molar-refractivity contribution in [1.82, 2.24) is 4.90 Å². The molecule has 0 aliphatic carbocycles. The number of likely N-dealkylation sites (tertiary alicyclic amines) is 1. The summed E-state index contributed by atoms with van der Waals surface area (Å²) < 4.78 is 6.28. The minimum absolute atomic E-state index is 0.490. The first kappa shape index (κ1) is 13.8. The van der Waals surface area contributed by atoms with Gasteiger partial charge in [0, 0.05) is 16.6 Å². The third-order valence-electron chi connectivity index (χ3n) is 3.43. The molecule has 2 rings (SSSR count). The van der Waals surface area contributed by atoms with Crippen LogP contribution in [0.4, 0.5) is 0 Å². The van der Waals surface area contributed by atoms with E-state index in [1.54, 1.807) is 7.11 Å². The zero-order chi connectivity index (χ0) is 13.0. The van der Waals surface area contributed by atoms with Gasteiger partial charge in [0.15, 0.2) is 0 Å². The van der Waals surface area contributed by atoms with Crippen molar-refractivity contribution in [3.63, 3.8) is 0 Å². The lowest BCUT2D eigenvalue weighted by Gasteiger charge is -2.29. The molecule has 0 aromatic heterocycles. The Morgan fingerprint density at radius 3 is 2.72 bits per heavy atom. The number of benzene rings is 1. The zero-order valence-corrected chi connectivity index (χ0v) is 12.3. The van der Waals surface area contributed by atoms with Gasteiger partial charge in [-0.2, -0.15) is 0 Å². The molecule has 0 spiro atoms. The number of nitrogens with zero attached hydrogens (tertiary/aromatic N) is 1. The van der Waals surface area contributed by atoms with E-state index in [1.807, 2.05) is 18.2 Å². The van der Waals surface area contributed by atoms with Crippen molar-refractivity contribution in [2.75, 3.05) is 26.7 Å². The highest BCUT2D eigenvalue weighted by Crippen LogP contribution is 2.29. The normalized spacial score (nSPS) is 18.6. The Bertz CT molecular complexity index is 391. The average Bonchev–Trinajstić information content (AvgIpc) is 2.40. The standard InChI is InChI=1S/C14H20BrNO2/c1-18-14-6-5-11(15)9-12(14)13(17)10-16-7-3-2-4-8-16/h5-6,9,13,17H,2-4,7-8,10H2,1H3. The van der Waals surface area contributed by atoms with E-state index in [0.717, 1.165) is 28.9 Å². The van der Waals surface area contributed by atoms with E-state index >= 15 is 0 Å². The van der Waals surface area contributed by atoms with Crippen LogP contribution in [0.15, 0.2) is 22.7 Å². The molecule has 1 aromatic carbocycles. The molecule has 18 heavy (non-hydrogen) atoms. The highest BCUT2D eigenvalue weighted by molar-refractivity contribution is 9.10. The zero-order valence-electron chi connectivity index (χ0n) is 10.7. The van der Waals surface area contributed by atoms with Crippen LogP contribution in [-0.2, 0) is 0 Å². The summed E-state index contributed by atoms with van der Waals surface area (Å²) in [5.74, 6) is 0.753. The molecule has 1 saturated heterocycles. The van der Waals surface area contributed by atoms with Gasteiger partial charge in [-0.25, -0.2) is 0 Å². The summed E-state index contributed by atoms with van der Waals surface area (Å²) >= 11 is 3.44. The molecular weight excluding hydrogens is 294 g/mol. The van der Waals surface area contributed by atoms with Gasteiger partial charge < -0.3 is 14.7 Å². The Balaban J connectivity index is 2.07. The van der Waals surface area contributed by atoms with Crippen molar-refractivity contribution in [3.05, 3.63) is 28.2 Å². The molecule has 1 aromatic rings. The average molecular weight is 314 g/mol. The van der Waals surface area contributed by atoms with Gasteiger partial charge in [-0.05, 0) is 44.1 Å². The lowest BCUT2D eigenvalue weighted by molar-refractivity contribution is 0.0994. The molecule has 1 unspecified atom stereocenters. The molecule has 1 heterocycles. The van der Waals surface area contributed by atoms with Crippen LogP contribution >= 0.6 is 15.9 Å². The molecule has 100 valence electrons. The molecule has 0 amide bonds. The van der Waals surface area contributed by atoms with Crippen LogP contribution < -0.4 is 4.74 Å². The van der Waals surface area contributed by atoms with Gasteiger partial charge in [-0.15, -0.1) is 0 Å². The van der Waals surface area contributed by atoms with Crippen LogP contribution in [0.25, 0.3) is 0 Å². The molecule has 0 bridgehead atoms. The largest absolute Gasteiger partial charge is 0.496 e. The summed E-state index contributed by atoms with van der Waals surface area (Å²) in [6, 6.07) is 5.75. The van der Waals surface area contributed by atoms with Gasteiger partial charge in [0.05, 0.1) is 13.2 Å². The van der Waals surface area contributed by atoms with Crippen LogP contribution in [0.2, 0.25) is 0 Å². The predicted octanol–water partition coefficient (Wildman–Crippen LogP) is 2.98. The molecule has 1 fully saturated rings. The number of aliphatic hydroxyl groups excluding tert-OH is 1. The van der Waals surface area contributed by atoms with Crippen LogP contribution in [0, 0.1) is 0 Å². The number of rotatable bonds is 4. The second-order valence-electron chi connectivity index (χ2n) is 4.76. The van der Waals surface area contributed by atoms with Crippen LogP contribution in [-0.4, -0.2) is 36.8 Å². The monoisotopic (exact) mass is 313 g/mol. The van der Waals surface area contributed by atoms with E-state index < -0.39 is 6.10 Å². The molecule has 4 heteroatoms. The number of hydrogen-bond donors (Lipinski definition) is 1. The fourth-order valence-electron chi connectivity index (χ4n) is 2.45. The molecule has 0 radical (unpaired) electrons. The van der Waals surface area contributed by atoms with Crippen molar-refractivity contribution in [3.8, 4) is 5.75 Å². The minimum atomic E-state index is -0.490. The Morgan fingerprint density at radius 1 is 1.33 bits per heavy atom. The van der Waals surface area contributed by atoms with Crippen molar-refractivity contribution in [2.24, 2.45) is 0 Å². The number of β-amino-alcohol motifs (C(OH)–C–C–N with tert-alkyl or cyclic N) is 1. The molecule has 1 aliphatic heterocycles. The Hall–Kier alpha value is -0.580. The highest BCUT2D eigenvalue weighted by atomic mass is 79.9. The lowest BCUT2D eigenvalue weighted by Crippen LogP contribution is -2.33. The third kappa shape index (κ3) is 3.46. The SMILES string of the molecule is COc1ccc(Br)cc1C(O)CN1CCCCC1. The Labute approximate surface area is 117 Å². The van der Waals surface area contributed by atoms with E-state index in [-0.39, 0.29) is 0 Å². The Morgan fingerprint density at radius 2 is 2.06 bits per heavy atom. The smallest absolute Gasteiger partial charge is 0.124 e. The number of hydrogen-bond acceptors (Lipinski definition) is 3. The molecule has 3 nitrogen and oxygen atoms in total. The molecule has 0 saturated carbocycles. The maximum absolute atomic E-state index is 10.4. The van der Waals surface area contributed by atoms with Crippen molar-refractivity contribution in [1.29, 1.82) is 0 Å². The summed E-state index contributed by atoms with van der Waals surface area (Å²) in [5, 5.41) is 10.4. The van der Waals surface area contributed by atoms with Gasteiger partial charge in [0.1, 0.15) is 5.75 Å². The van der Waals surface area contributed by atoms with E-state index in [9.17, 15) is 5.11 Å². The lowest BCUT2D eigenvalue weighted by atomic mass is 10.1. The summed E-state index contributed by atoms with van der Waals surface area (Å²) in [5.41, 5.74) is 0.859. The minimum Gasteiger partial charge on any atom is -0.496 e. The second-order valence-corrected chi connectivity index (χ2v) is 5.68. The quantitative estimate of drug-likeness (QED) is 0.927. The number of ether oxygens (including phenoxy) is 1. The summed E-state index contributed by atoms with van der Waals surface area (Å²) in [4.78, 5) is 2.33. The molecule has 1 N–H and O–H groups in total. The highest BCUT2D eigenvalue weighted by Gasteiger charge is 2.18. The van der Waals surface area contributed by atoms with E-state index in [2.05, 4.69) is 20.8 Å². The molecule has 1 aliphatic rings. The van der Waals surface area contributed by atoms with Gasteiger partial charge in [-0.3, -0.25) is 0 Å². The first-order valence-electron chi connectivity index (χ1n) is 6.44. The van der Waals surface area contributed by atoms with Crippen molar-refractivity contribution < 1.29 is 9.84 Å². The molecule has 1 atom stereocenters. The first-order valence-corrected chi connectivity index (χ1v) is 7.24. The number of methoxy groups -OCH3 is 1. The molecular formula is C14H20BrNO2. The third-order valence-corrected chi connectivity index (χ3v) is 3.92. The van der Waals surface area contributed by atoms with Crippen LogP contribution in [0.5, 0.6) is 5.75 Å². The van der Waals surface area contributed by atoms with Crippen LogP contribution in [0.3, 0.4) is 0 Å². The Kier molecular flexibility index (Phi) is 5.03. The van der Waals surface area contributed by atoms with Gasteiger partial charge in [0.25, 0.3) is 0 Å². The first-order chi connectivity index (χ1) is 8.70. The van der Waals surface area contributed by atoms with Gasteiger partial charge in [0.2, 0.25) is 0 Å². The number of piperidine rings is 1.